The second kappa shape index (κ2) is 6.40. The van der Waals surface area contributed by atoms with Gasteiger partial charge in [0.2, 0.25) is 0 Å². The highest BCUT2D eigenvalue weighted by Gasteiger charge is 2.17. The molecule has 0 spiro atoms. The van der Waals surface area contributed by atoms with Gasteiger partial charge in [-0.3, -0.25) is 0 Å². The Morgan fingerprint density at radius 1 is 1.19 bits per heavy atom. The lowest BCUT2D eigenvalue weighted by Crippen LogP contribution is -2.23. The van der Waals surface area contributed by atoms with Crippen LogP contribution >= 0.6 is 0 Å². The lowest BCUT2D eigenvalue weighted by Gasteiger charge is -2.03. The standard InChI is InChI=1S/C12H12O4/c1-2-3-9-15-11(13)12(14)16-10-7-5-4-6-8-10/h2,4-8H,1,3,9H2. The summed E-state index contributed by atoms with van der Waals surface area (Å²) in [6.07, 6.45) is 2.10. The van der Waals surface area contributed by atoms with Crippen molar-refractivity contribution in [3.8, 4) is 5.75 Å². The zero-order valence-corrected chi connectivity index (χ0v) is 8.72. The summed E-state index contributed by atoms with van der Waals surface area (Å²) < 4.78 is 9.40. The molecule has 0 saturated heterocycles. The van der Waals surface area contributed by atoms with Gasteiger partial charge in [-0.1, -0.05) is 24.3 Å². The van der Waals surface area contributed by atoms with Crippen molar-refractivity contribution in [2.24, 2.45) is 0 Å². The fourth-order valence-electron chi connectivity index (χ4n) is 0.931. The summed E-state index contributed by atoms with van der Waals surface area (Å²) >= 11 is 0. The molecule has 0 amide bonds. The maximum atomic E-state index is 11.2. The summed E-state index contributed by atoms with van der Waals surface area (Å²) in [5.74, 6) is -1.70. The highest BCUT2D eigenvalue weighted by atomic mass is 16.6. The van der Waals surface area contributed by atoms with E-state index in [-0.39, 0.29) is 6.61 Å². The monoisotopic (exact) mass is 220 g/mol. The van der Waals surface area contributed by atoms with E-state index in [1.165, 1.54) is 0 Å². The third-order valence-corrected chi connectivity index (χ3v) is 1.68. The molecule has 4 nitrogen and oxygen atoms in total. The van der Waals surface area contributed by atoms with Crippen LogP contribution in [0.4, 0.5) is 0 Å². The SMILES string of the molecule is C=CCCOC(=O)C(=O)Oc1ccccc1. The van der Waals surface area contributed by atoms with Gasteiger partial charge in [0.1, 0.15) is 5.75 Å². The number of rotatable bonds is 4. The second-order valence-corrected chi connectivity index (χ2v) is 2.92. The molecule has 0 bridgehead atoms. The number of hydrogen-bond acceptors (Lipinski definition) is 4. The number of hydrogen-bond donors (Lipinski definition) is 0. The predicted molar refractivity (Wildman–Crippen MR) is 57.9 cm³/mol. The van der Waals surface area contributed by atoms with Crippen molar-refractivity contribution in [3.63, 3.8) is 0 Å². The van der Waals surface area contributed by atoms with Crippen molar-refractivity contribution < 1.29 is 19.1 Å². The van der Waals surface area contributed by atoms with Crippen LogP contribution < -0.4 is 4.74 Å². The summed E-state index contributed by atoms with van der Waals surface area (Å²) in [4.78, 5) is 22.3. The van der Waals surface area contributed by atoms with Gasteiger partial charge in [0, 0.05) is 0 Å². The van der Waals surface area contributed by atoms with Gasteiger partial charge in [-0.15, -0.1) is 6.58 Å². The van der Waals surface area contributed by atoms with Crippen molar-refractivity contribution in [3.05, 3.63) is 43.0 Å². The molecule has 0 heterocycles. The molecule has 0 aromatic heterocycles. The maximum Gasteiger partial charge on any atom is 0.422 e. The molecule has 0 radical (unpaired) electrons. The third kappa shape index (κ3) is 3.96. The normalized spacial score (nSPS) is 9.25. The number of para-hydroxylation sites is 1. The third-order valence-electron chi connectivity index (χ3n) is 1.68. The Bertz CT molecular complexity index is 370. The minimum absolute atomic E-state index is 0.131. The van der Waals surface area contributed by atoms with Crippen LogP contribution in [-0.4, -0.2) is 18.5 Å². The van der Waals surface area contributed by atoms with Gasteiger partial charge in [-0.2, -0.15) is 0 Å². The Balaban J connectivity index is 2.40. The molecule has 0 aliphatic rings. The molecule has 0 N–H and O–H groups in total. The van der Waals surface area contributed by atoms with E-state index < -0.39 is 11.9 Å². The van der Waals surface area contributed by atoms with E-state index in [0.29, 0.717) is 12.2 Å². The quantitative estimate of drug-likeness (QED) is 0.255. The molecule has 84 valence electrons. The molecule has 16 heavy (non-hydrogen) atoms. The molecule has 0 atom stereocenters. The molecule has 4 heteroatoms. The number of carbonyl (C=O) groups is 2. The lowest BCUT2D eigenvalue weighted by molar-refractivity contribution is -0.162. The number of benzene rings is 1. The molecule has 0 aliphatic heterocycles. The van der Waals surface area contributed by atoms with Crippen LogP contribution in [0.2, 0.25) is 0 Å². The Labute approximate surface area is 93.5 Å². The minimum atomic E-state index is -1.02. The predicted octanol–water partition coefficient (Wildman–Crippen LogP) is 1.71. The van der Waals surface area contributed by atoms with Gasteiger partial charge in [0.25, 0.3) is 0 Å². The van der Waals surface area contributed by atoms with Crippen LogP contribution in [0.3, 0.4) is 0 Å². The number of carbonyl (C=O) groups excluding carboxylic acids is 2. The largest absolute Gasteiger partial charge is 0.457 e. The zero-order valence-electron chi connectivity index (χ0n) is 8.72. The summed E-state index contributed by atoms with van der Waals surface area (Å²) in [5.41, 5.74) is 0. The van der Waals surface area contributed by atoms with Gasteiger partial charge in [0.15, 0.2) is 0 Å². The van der Waals surface area contributed by atoms with Gasteiger partial charge in [-0.25, -0.2) is 9.59 Å². The van der Waals surface area contributed by atoms with E-state index in [1.807, 2.05) is 0 Å². The van der Waals surface area contributed by atoms with Crippen LogP contribution in [0.25, 0.3) is 0 Å². The van der Waals surface area contributed by atoms with E-state index in [9.17, 15) is 9.59 Å². The Morgan fingerprint density at radius 3 is 2.50 bits per heavy atom. The molecule has 0 aliphatic carbocycles. The van der Waals surface area contributed by atoms with Crippen molar-refractivity contribution in [2.75, 3.05) is 6.61 Å². The molecule has 1 rings (SSSR count). The van der Waals surface area contributed by atoms with E-state index in [0.717, 1.165) is 0 Å². The maximum absolute atomic E-state index is 11.2. The first-order valence-electron chi connectivity index (χ1n) is 4.79. The summed E-state index contributed by atoms with van der Waals surface area (Å²) in [6.45, 7) is 3.59. The first kappa shape index (κ1) is 12.0. The summed E-state index contributed by atoms with van der Waals surface area (Å²) in [6, 6.07) is 8.33. The van der Waals surface area contributed by atoms with Crippen LogP contribution in [0.15, 0.2) is 43.0 Å². The van der Waals surface area contributed by atoms with Crippen LogP contribution in [0.5, 0.6) is 5.75 Å². The zero-order chi connectivity index (χ0) is 11.8. The fourth-order valence-corrected chi connectivity index (χ4v) is 0.931. The summed E-state index contributed by atoms with van der Waals surface area (Å²) in [7, 11) is 0. The van der Waals surface area contributed by atoms with Crippen molar-refractivity contribution in [1.82, 2.24) is 0 Å². The molecule has 1 aromatic rings. The molecular weight excluding hydrogens is 208 g/mol. The molecule has 0 unspecified atom stereocenters. The Morgan fingerprint density at radius 2 is 1.88 bits per heavy atom. The van der Waals surface area contributed by atoms with Crippen molar-refractivity contribution >= 4 is 11.9 Å². The number of ether oxygens (including phenoxy) is 2. The number of esters is 2. The van der Waals surface area contributed by atoms with Gasteiger partial charge in [0.05, 0.1) is 6.61 Å². The topological polar surface area (TPSA) is 52.6 Å². The first-order chi connectivity index (χ1) is 7.74. The van der Waals surface area contributed by atoms with Crippen LogP contribution in [0, 0.1) is 0 Å². The van der Waals surface area contributed by atoms with Gasteiger partial charge in [-0.05, 0) is 18.6 Å². The molecule has 0 fully saturated rings. The molecule has 0 saturated carbocycles. The highest BCUT2D eigenvalue weighted by Crippen LogP contribution is 2.08. The Hall–Kier alpha value is -2.10. The van der Waals surface area contributed by atoms with Crippen LogP contribution in [-0.2, 0) is 14.3 Å². The smallest absolute Gasteiger partial charge is 0.422 e. The molecular formula is C12H12O4. The van der Waals surface area contributed by atoms with Gasteiger partial charge >= 0.3 is 11.9 Å². The van der Waals surface area contributed by atoms with E-state index >= 15 is 0 Å². The van der Waals surface area contributed by atoms with E-state index in [1.54, 1.807) is 36.4 Å². The second-order valence-electron chi connectivity index (χ2n) is 2.92. The lowest BCUT2D eigenvalue weighted by atomic mass is 10.3. The Kier molecular flexibility index (Phi) is 4.79. The van der Waals surface area contributed by atoms with Crippen LogP contribution in [0.1, 0.15) is 6.42 Å². The van der Waals surface area contributed by atoms with Crippen molar-refractivity contribution in [1.29, 1.82) is 0 Å². The van der Waals surface area contributed by atoms with E-state index in [2.05, 4.69) is 11.3 Å². The van der Waals surface area contributed by atoms with Crippen molar-refractivity contribution in [2.45, 2.75) is 6.42 Å². The fraction of sp³-hybridized carbons (Fsp3) is 0.167. The minimum Gasteiger partial charge on any atom is -0.457 e. The average molecular weight is 220 g/mol. The first-order valence-corrected chi connectivity index (χ1v) is 4.79. The van der Waals surface area contributed by atoms with E-state index in [4.69, 9.17) is 4.74 Å². The highest BCUT2D eigenvalue weighted by molar-refractivity contribution is 6.30. The average Bonchev–Trinajstić information content (AvgIpc) is 2.30. The summed E-state index contributed by atoms with van der Waals surface area (Å²) in [5, 5.41) is 0. The molecule has 1 aromatic carbocycles. The van der Waals surface area contributed by atoms with Gasteiger partial charge < -0.3 is 9.47 Å².